The fourth-order valence-corrected chi connectivity index (χ4v) is 1.42. The summed E-state index contributed by atoms with van der Waals surface area (Å²) in [6.07, 6.45) is 1.43. The van der Waals surface area contributed by atoms with Gasteiger partial charge >= 0.3 is 0 Å². The number of hydrogen-bond acceptors (Lipinski definition) is 2. The fraction of sp³-hybridized carbons (Fsp3) is 0.267. The van der Waals surface area contributed by atoms with Crippen LogP contribution in [0.3, 0.4) is 0 Å². The SMILES string of the molecule is CC(C)(C)C#Cc1coc2ccccc2c1=O. The third-order valence-corrected chi connectivity index (χ3v) is 2.25. The van der Waals surface area contributed by atoms with E-state index in [0.717, 1.165) is 0 Å². The highest BCUT2D eigenvalue weighted by molar-refractivity contribution is 5.77. The van der Waals surface area contributed by atoms with Gasteiger partial charge in [-0.3, -0.25) is 4.79 Å². The van der Waals surface area contributed by atoms with Crippen LogP contribution in [0.15, 0.2) is 39.7 Å². The number of para-hydroxylation sites is 1. The molecule has 0 spiro atoms. The second kappa shape index (κ2) is 4.10. The smallest absolute Gasteiger partial charge is 0.208 e. The number of rotatable bonds is 0. The van der Waals surface area contributed by atoms with Gasteiger partial charge < -0.3 is 4.42 Å². The summed E-state index contributed by atoms with van der Waals surface area (Å²) < 4.78 is 5.39. The first kappa shape index (κ1) is 11.5. The molecule has 0 amide bonds. The topological polar surface area (TPSA) is 30.2 Å². The van der Waals surface area contributed by atoms with E-state index in [2.05, 4.69) is 11.8 Å². The van der Waals surface area contributed by atoms with Crippen LogP contribution >= 0.6 is 0 Å². The van der Waals surface area contributed by atoms with Gasteiger partial charge in [0, 0.05) is 5.41 Å². The van der Waals surface area contributed by atoms with Crippen LogP contribution in [-0.4, -0.2) is 0 Å². The van der Waals surface area contributed by atoms with E-state index in [1.807, 2.05) is 32.9 Å². The quantitative estimate of drug-likeness (QED) is 0.646. The van der Waals surface area contributed by atoms with Gasteiger partial charge in [-0.25, -0.2) is 0 Å². The lowest BCUT2D eigenvalue weighted by Crippen LogP contribution is -2.06. The summed E-state index contributed by atoms with van der Waals surface area (Å²) in [6, 6.07) is 7.19. The van der Waals surface area contributed by atoms with Gasteiger partial charge in [-0.05, 0) is 32.9 Å². The molecule has 2 rings (SSSR count). The van der Waals surface area contributed by atoms with E-state index in [4.69, 9.17) is 4.42 Å². The Morgan fingerprint density at radius 3 is 2.59 bits per heavy atom. The monoisotopic (exact) mass is 226 g/mol. The highest BCUT2D eigenvalue weighted by atomic mass is 16.3. The van der Waals surface area contributed by atoms with E-state index in [-0.39, 0.29) is 10.8 Å². The number of fused-ring (bicyclic) bond motifs is 1. The van der Waals surface area contributed by atoms with Crippen molar-refractivity contribution in [3.8, 4) is 11.8 Å². The Morgan fingerprint density at radius 1 is 1.18 bits per heavy atom. The largest absolute Gasteiger partial charge is 0.463 e. The molecule has 0 saturated carbocycles. The molecule has 1 aromatic carbocycles. The lowest BCUT2D eigenvalue weighted by atomic mass is 9.97. The van der Waals surface area contributed by atoms with Crippen LogP contribution in [0, 0.1) is 17.3 Å². The van der Waals surface area contributed by atoms with Crippen LogP contribution in [0.25, 0.3) is 11.0 Å². The summed E-state index contributed by atoms with van der Waals surface area (Å²) in [5.41, 5.74) is 0.819. The van der Waals surface area contributed by atoms with Crippen molar-refractivity contribution in [2.75, 3.05) is 0 Å². The average Bonchev–Trinajstić information content (AvgIpc) is 2.27. The van der Waals surface area contributed by atoms with Crippen LogP contribution in [0.4, 0.5) is 0 Å². The first-order valence-corrected chi connectivity index (χ1v) is 5.51. The van der Waals surface area contributed by atoms with Crippen LogP contribution in [-0.2, 0) is 0 Å². The molecule has 2 nitrogen and oxygen atoms in total. The Kier molecular flexibility index (Phi) is 2.77. The third kappa shape index (κ3) is 2.57. The van der Waals surface area contributed by atoms with Crippen LogP contribution in [0.1, 0.15) is 26.3 Å². The first-order valence-electron chi connectivity index (χ1n) is 5.51. The van der Waals surface area contributed by atoms with Crippen molar-refractivity contribution < 1.29 is 4.42 Å². The summed E-state index contributed by atoms with van der Waals surface area (Å²) in [5.74, 6) is 5.92. The summed E-state index contributed by atoms with van der Waals surface area (Å²) in [6.45, 7) is 6.01. The van der Waals surface area contributed by atoms with Crippen LogP contribution in [0.5, 0.6) is 0 Å². The molecule has 2 aromatic rings. The van der Waals surface area contributed by atoms with Crippen molar-refractivity contribution in [3.05, 3.63) is 46.3 Å². The van der Waals surface area contributed by atoms with Crippen molar-refractivity contribution in [2.45, 2.75) is 20.8 Å². The number of benzene rings is 1. The van der Waals surface area contributed by atoms with Crippen molar-refractivity contribution in [1.29, 1.82) is 0 Å². The zero-order valence-corrected chi connectivity index (χ0v) is 10.2. The molecule has 17 heavy (non-hydrogen) atoms. The van der Waals surface area contributed by atoms with Crippen molar-refractivity contribution in [1.82, 2.24) is 0 Å². The summed E-state index contributed by atoms with van der Waals surface area (Å²) >= 11 is 0. The first-order chi connectivity index (χ1) is 7.97. The molecule has 1 heterocycles. The van der Waals surface area contributed by atoms with E-state index in [9.17, 15) is 4.79 Å². The van der Waals surface area contributed by atoms with Crippen LogP contribution in [0.2, 0.25) is 0 Å². The Morgan fingerprint density at radius 2 is 1.88 bits per heavy atom. The normalized spacial score (nSPS) is 11.0. The Hall–Kier alpha value is -2.01. The molecular weight excluding hydrogens is 212 g/mol. The van der Waals surface area contributed by atoms with Crippen molar-refractivity contribution >= 4 is 11.0 Å². The minimum absolute atomic E-state index is 0.0661. The van der Waals surface area contributed by atoms with Crippen molar-refractivity contribution in [2.24, 2.45) is 5.41 Å². The molecule has 0 aliphatic heterocycles. The molecule has 0 N–H and O–H groups in total. The predicted molar refractivity (Wildman–Crippen MR) is 68.8 cm³/mol. The highest BCUT2D eigenvalue weighted by Crippen LogP contribution is 2.12. The van der Waals surface area contributed by atoms with Gasteiger partial charge in [-0.1, -0.05) is 24.0 Å². The van der Waals surface area contributed by atoms with E-state index in [0.29, 0.717) is 16.5 Å². The molecule has 0 bridgehead atoms. The maximum absolute atomic E-state index is 12.1. The van der Waals surface area contributed by atoms with Gasteiger partial charge in [0.15, 0.2) is 0 Å². The number of hydrogen-bond donors (Lipinski definition) is 0. The maximum Gasteiger partial charge on any atom is 0.208 e. The van der Waals surface area contributed by atoms with E-state index in [1.54, 1.807) is 12.1 Å². The summed E-state index contributed by atoms with van der Waals surface area (Å²) in [5, 5.41) is 0.577. The van der Waals surface area contributed by atoms with E-state index in [1.165, 1.54) is 6.26 Å². The summed E-state index contributed by atoms with van der Waals surface area (Å²) in [4.78, 5) is 12.1. The van der Waals surface area contributed by atoms with E-state index >= 15 is 0 Å². The Labute approximate surface area is 100 Å². The second-order valence-electron chi connectivity index (χ2n) is 4.97. The standard InChI is InChI=1S/C15H14O2/c1-15(2,3)9-8-11-10-17-13-7-5-4-6-12(13)14(11)16/h4-7,10H,1-3H3. The average molecular weight is 226 g/mol. The molecule has 0 saturated heterocycles. The lowest BCUT2D eigenvalue weighted by molar-refractivity contribution is 0.570. The van der Waals surface area contributed by atoms with Gasteiger partial charge in [0.1, 0.15) is 17.4 Å². The molecule has 86 valence electrons. The molecule has 2 heteroatoms. The predicted octanol–water partition coefficient (Wildman–Crippen LogP) is 3.19. The molecule has 0 radical (unpaired) electrons. The molecule has 0 unspecified atom stereocenters. The minimum Gasteiger partial charge on any atom is -0.463 e. The fourth-order valence-electron chi connectivity index (χ4n) is 1.42. The van der Waals surface area contributed by atoms with Gasteiger partial charge in [-0.15, -0.1) is 0 Å². The molecule has 0 fully saturated rings. The molecule has 0 aliphatic carbocycles. The van der Waals surface area contributed by atoms with Crippen molar-refractivity contribution in [3.63, 3.8) is 0 Å². The lowest BCUT2D eigenvalue weighted by Gasteiger charge is -2.06. The Balaban J connectivity index is 2.61. The van der Waals surface area contributed by atoms with E-state index < -0.39 is 0 Å². The highest BCUT2D eigenvalue weighted by Gasteiger charge is 2.06. The minimum atomic E-state index is -0.127. The molecule has 0 atom stereocenters. The summed E-state index contributed by atoms with van der Waals surface area (Å²) in [7, 11) is 0. The Bertz CT molecular complexity index is 661. The van der Waals surface area contributed by atoms with Gasteiger partial charge in [-0.2, -0.15) is 0 Å². The molecule has 1 aromatic heterocycles. The van der Waals surface area contributed by atoms with Gasteiger partial charge in [0.25, 0.3) is 0 Å². The zero-order chi connectivity index (χ0) is 12.5. The zero-order valence-electron chi connectivity index (χ0n) is 10.2. The maximum atomic E-state index is 12.1. The van der Waals surface area contributed by atoms with Crippen LogP contribution < -0.4 is 5.43 Å². The third-order valence-electron chi connectivity index (χ3n) is 2.25. The molecule has 0 aliphatic rings. The van der Waals surface area contributed by atoms with Gasteiger partial charge in [0.05, 0.1) is 5.39 Å². The molecular formula is C15H14O2. The van der Waals surface area contributed by atoms with Gasteiger partial charge in [0.2, 0.25) is 5.43 Å². The second-order valence-corrected chi connectivity index (χ2v) is 4.97.